The van der Waals surface area contributed by atoms with Gasteiger partial charge in [-0.25, -0.2) is 4.39 Å². The van der Waals surface area contributed by atoms with E-state index in [-0.39, 0.29) is 10.7 Å². The molecule has 1 aromatic carbocycles. The Balaban J connectivity index is 2.24. The topological polar surface area (TPSA) is 128 Å². The standard InChI is InChI=1S/C20H23ClFN3O5/c1-9(2)17(19(29)24-12(7-14(27)28)13(26)8-22)25-20(30)18-16(21)15-10(3)5-4-6-11(15)23-18/h4-6,9,12,17,23H,7-8H2,1-3H3,(H,24,29)(H,25,30)(H,27,28)/t12?,17-/m0/s1. The Morgan fingerprint density at radius 2 is 1.87 bits per heavy atom. The Bertz CT molecular complexity index is 988. The van der Waals surface area contributed by atoms with E-state index in [2.05, 4.69) is 15.6 Å². The number of carboxylic acids is 1. The first-order valence-electron chi connectivity index (χ1n) is 9.25. The second-order valence-electron chi connectivity index (χ2n) is 7.27. The monoisotopic (exact) mass is 439 g/mol. The molecule has 1 unspecified atom stereocenters. The van der Waals surface area contributed by atoms with Crippen LogP contribution < -0.4 is 10.6 Å². The number of carbonyl (C=O) groups excluding carboxylic acids is 3. The third-order valence-corrected chi connectivity index (χ3v) is 5.03. The predicted octanol–water partition coefficient (Wildman–Crippen LogP) is 2.38. The van der Waals surface area contributed by atoms with Gasteiger partial charge in [0.05, 0.1) is 11.4 Å². The molecule has 10 heteroatoms. The molecule has 4 N–H and O–H groups in total. The second kappa shape index (κ2) is 9.71. The highest BCUT2D eigenvalue weighted by molar-refractivity contribution is 6.39. The lowest BCUT2D eigenvalue weighted by molar-refractivity contribution is -0.140. The van der Waals surface area contributed by atoms with Gasteiger partial charge < -0.3 is 20.7 Å². The van der Waals surface area contributed by atoms with Crippen molar-refractivity contribution in [1.29, 1.82) is 0 Å². The van der Waals surface area contributed by atoms with Crippen LogP contribution in [0.4, 0.5) is 4.39 Å². The fourth-order valence-corrected chi connectivity index (χ4v) is 3.44. The smallest absolute Gasteiger partial charge is 0.305 e. The van der Waals surface area contributed by atoms with Gasteiger partial charge in [-0.2, -0.15) is 0 Å². The number of ketones is 1. The predicted molar refractivity (Wildman–Crippen MR) is 109 cm³/mol. The zero-order chi connectivity index (χ0) is 22.6. The Hall–Kier alpha value is -2.94. The van der Waals surface area contributed by atoms with Crippen LogP contribution in [0.1, 0.15) is 36.3 Å². The zero-order valence-electron chi connectivity index (χ0n) is 16.7. The number of amides is 2. The van der Waals surface area contributed by atoms with Crippen LogP contribution in [-0.2, 0) is 14.4 Å². The van der Waals surface area contributed by atoms with Crippen molar-refractivity contribution in [2.24, 2.45) is 5.92 Å². The fraction of sp³-hybridized carbons (Fsp3) is 0.400. The van der Waals surface area contributed by atoms with Crippen molar-refractivity contribution in [3.05, 3.63) is 34.5 Å². The molecule has 2 aromatic rings. The summed E-state index contributed by atoms with van der Waals surface area (Å²) in [6.07, 6.45) is -0.764. The largest absolute Gasteiger partial charge is 0.481 e. The Labute approximate surface area is 177 Å². The summed E-state index contributed by atoms with van der Waals surface area (Å²) >= 11 is 6.36. The summed E-state index contributed by atoms with van der Waals surface area (Å²) in [5, 5.41) is 14.6. The number of H-pyrrole nitrogens is 1. The molecule has 0 bridgehead atoms. The number of nitrogens with one attached hydrogen (secondary N) is 3. The summed E-state index contributed by atoms with van der Waals surface area (Å²) in [5.41, 5.74) is 1.60. The van der Waals surface area contributed by atoms with Crippen molar-refractivity contribution in [1.82, 2.24) is 15.6 Å². The summed E-state index contributed by atoms with van der Waals surface area (Å²) in [7, 11) is 0. The molecule has 1 aromatic heterocycles. The number of benzene rings is 1. The second-order valence-corrected chi connectivity index (χ2v) is 7.64. The number of halogens is 2. The number of rotatable bonds is 9. The Morgan fingerprint density at radius 3 is 2.40 bits per heavy atom. The quantitative estimate of drug-likeness (QED) is 0.477. The van der Waals surface area contributed by atoms with E-state index >= 15 is 0 Å². The van der Waals surface area contributed by atoms with Gasteiger partial charge in [-0.05, 0) is 24.5 Å². The first-order valence-corrected chi connectivity index (χ1v) is 9.63. The van der Waals surface area contributed by atoms with E-state index < -0.39 is 54.7 Å². The van der Waals surface area contributed by atoms with E-state index in [0.29, 0.717) is 10.9 Å². The van der Waals surface area contributed by atoms with Gasteiger partial charge in [-0.15, -0.1) is 0 Å². The molecule has 2 amide bonds. The summed E-state index contributed by atoms with van der Waals surface area (Å²) in [6.45, 7) is 3.74. The summed E-state index contributed by atoms with van der Waals surface area (Å²) in [5.74, 6) is -4.28. The first kappa shape index (κ1) is 23.3. The summed E-state index contributed by atoms with van der Waals surface area (Å²) < 4.78 is 12.7. The highest BCUT2D eigenvalue weighted by Crippen LogP contribution is 2.30. The van der Waals surface area contributed by atoms with Gasteiger partial charge in [0.15, 0.2) is 5.78 Å². The lowest BCUT2D eigenvalue weighted by Crippen LogP contribution is -2.54. The maximum absolute atomic E-state index is 12.8. The van der Waals surface area contributed by atoms with Crippen molar-refractivity contribution in [2.75, 3.05) is 6.67 Å². The molecule has 0 aliphatic rings. The Kier molecular flexibility index (Phi) is 7.55. The molecular weight excluding hydrogens is 417 g/mol. The molecule has 0 fully saturated rings. The van der Waals surface area contributed by atoms with Gasteiger partial charge in [-0.3, -0.25) is 19.2 Å². The highest BCUT2D eigenvalue weighted by Gasteiger charge is 2.31. The molecular formula is C20H23ClFN3O5. The molecule has 0 radical (unpaired) electrons. The molecule has 2 rings (SSSR count). The van der Waals surface area contributed by atoms with Crippen molar-refractivity contribution < 1.29 is 28.7 Å². The first-order chi connectivity index (χ1) is 14.1. The molecule has 0 saturated heterocycles. The SMILES string of the molecule is Cc1cccc2[nH]c(C(=O)N[C@H](C(=O)NC(CC(=O)O)C(=O)CF)C(C)C)c(Cl)c12. The van der Waals surface area contributed by atoms with Crippen LogP contribution >= 0.6 is 11.6 Å². The highest BCUT2D eigenvalue weighted by atomic mass is 35.5. The molecule has 8 nitrogen and oxygen atoms in total. The maximum atomic E-state index is 12.8. The van der Waals surface area contributed by atoms with Crippen molar-refractivity contribution in [3.8, 4) is 0 Å². The average Bonchev–Trinajstić information content (AvgIpc) is 3.02. The number of carbonyl (C=O) groups is 4. The lowest BCUT2D eigenvalue weighted by atomic mass is 10.0. The summed E-state index contributed by atoms with van der Waals surface area (Å²) in [6, 6.07) is 2.78. The van der Waals surface area contributed by atoms with Gasteiger partial charge >= 0.3 is 5.97 Å². The van der Waals surface area contributed by atoms with Gasteiger partial charge in [0.1, 0.15) is 24.5 Å². The number of hydrogen-bond donors (Lipinski definition) is 4. The van der Waals surface area contributed by atoms with E-state index in [1.54, 1.807) is 26.0 Å². The number of hydrogen-bond acceptors (Lipinski definition) is 4. The van der Waals surface area contributed by atoms with E-state index in [9.17, 15) is 23.6 Å². The van der Waals surface area contributed by atoms with Crippen LogP contribution in [0.2, 0.25) is 5.02 Å². The average molecular weight is 440 g/mol. The van der Waals surface area contributed by atoms with Crippen LogP contribution in [0.25, 0.3) is 10.9 Å². The number of Topliss-reactive ketones (excluding diaryl/α,β-unsaturated/α-hetero) is 1. The molecule has 2 atom stereocenters. The van der Waals surface area contributed by atoms with Gasteiger partial charge in [-0.1, -0.05) is 37.6 Å². The number of aromatic nitrogens is 1. The zero-order valence-corrected chi connectivity index (χ0v) is 17.5. The number of aryl methyl sites for hydroxylation is 1. The minimum Gasteiger partial charge on any atom is -0.481 e. The molecule has 30 heavy (non-hydrogen) atoms. The van der Waals surface area contributed by atoms with Crippen molar-refractivity contribution in [2.45, 2.75) is 39.3 Å². The third kappa shape index (κ3) is 5.15. The molecule has 0 spiro atoms. The van der Waals surface area contributed by atoms with E-state index in [1.165, 1.54) is 0 Å². The lowest BCUT2D eigenvalue weighted by Gasteiger charge is -2.24. The minimum absolute atomic E-state index is 0.0707. The van der Waals surface area contributed by atoms with E-state index in [0.717, 1.165) is 5.56 Å². The van der Waals surface area contributed by atoms with Crippen LogP contribution in [0.5, 0.6) is 0 Å². The van der Waals surface area contributed by atoms with Crippen molar-refractivity contribution in [3.63, 3.8) is 0 Å². The third-order valence-electron chi connectivity index (χ3n) is 4.65. The van der Waals surface area contributed by atoms with Crippen LogP contribution in [0.15, 0.2) is 18.2 Å². The number of fused-ring (bicyclic) bond motifs is 1. The number of aliphatic carboxylic acids is 1. The fourth-order valence-electron chi connectivity index (χ4n) is 3.06. The van der Waals surface area contributed by atoms with Crippen LogP contribution in [0.3, 0.4) is 0 Å². The molecule has 162 valence electrons. The molecule has 0 aliphatic carbocycles. The number of alkyl halides is 1. The number of carboxylic acid groups (broad SMARTS) is 1. The molecule has 0 saturated carbocycles. The molecule has 1 heterocycles. The van der Waals surface area contributed by atoms with Crippen LogP contribution in [0, 0.1) is 12.8 Å². The Morgan fingerprint density at radius 1 is 1.20 bits per heavy atom. The normalized spacial score (nSPS) is 13.1. The van der Waals surface area contributed by atoms with Gasteiger partial charge in [0.2, 0.25) is 5.91 Å². The maximum Gasteiger partial charge on any atom is 0.305 e. The van der Waals surface area contributed by atoms with Gasteiger partial charge in [0, 0.05) is 10.9 Å². The van der Waals surface area contributed by atoms with E-state index in [4.69, 9.17) is 16.7 Å². The summed E-state index contributed by atoms with van der Waals surface area (Å²) in [4.78, 5) is 50.9. The van der Waals surface area contributed by atoms with Crippen LogP contribution in [-0.4, -0.2) is 52.4 Å². The number of aromatic amines is 1. The van der Waals surface area contributed by atoms with Crippen molar-refractivity contribution >= 4 is 46.1 Å². The van der Waals surface area contributed by atoms with Gasteiger partial charge in [0.25, 0.3) is 5.91 Å². The van der Waals surface area contributed by atoms with E-state index in [1.807, 2.05) is 13.0 Å². The minimum atomic E-state index is -1.53. The molecule has 0 aliphatic heterocycles.